The van der Waals surface area contributed by atoms with Crippen LogP contribution in [0.15, 0.2) is 0 Å². The lowest BCUT2D eigenvalue weighted by atomic mass is 10.4. The third kappa shape index (κ3) is 2.25. The van der Waals surface area contributed by atoms with E-state index in [9.17, 15) is 4.79 Å². The van der Waals surface area contributed by atoms with E-state index < -0.39 is 0 Å². The van der Waals surface area contributed by atoms with Crippen LogP contribution < -0.4 is 0 Å². The first-order valence-electron chi connectivity index (χ1n) is 4.14. The molecule has 0 radical (unpaired) electrons. The monoisotopic (exact) mass is 258 g/mol. The van der Waals surface area contributed by atoms with Gasteiger partial charge in [-0.3, -0.25) is 4.79 Å². The summed E-state index contributed by atoms with van der Waals surface area (Å²) in [5.41, 5.74) is 0. The van der Waals surface area contributed by atoms with E-state index in [0.29, 0.717) is 0 Å². The Balaban J connectivity index is 2.06. The molecule has 0 spiro atoms. The number of Topliss-reactive ketones (excluding diaryl/α,β-unsaturated/α-hetero) is 1. The molecule has 0 aliphatic carbocycles. The van der Waals surface area contributed by atoms with Crippen molar-refractivity contribution in [1.82, 2.24) is 40.4 Å². The highest BCUT2D eigenvalue weighted by atomic mass is 32.1. The molecule has 0 fully saturated rings. The topological polar surface area (TPSA) is 110 Å². The van der Waals surface area contributed by atoms with Gasteiger partial charge in [0.2, 0.25) is 9.54 Å². The quantitative estimate of drug-likeness (QED) is 0.694. The first kappa shape index (κ1) is 10.8. The lowest BCUT2D eigenvalue weighted by Gasteiger charge is -2.00. The molecule has 0 aliphatic rings. The molecule has 0 saturated heterocycles. The van der Waals surface area contributed by atoms with Gasteiger partial charge in [-0.05, 0) is 24.4 Å². The van der Waals surface area contributed by atoms with E-state index >= 15 is 0 Å². The van der Waals surface area contributed by atoms with Gasteiger partial charge in [-0.25, -0.2) is 9.36 Å². The second kappa shape index (κ2) is 4.40. The molecular weight excluding hydrogens is 252 g/mol. The predicted octanol–water partition coefficient (Wildman–Crippen LogP) is -0.746. The second-order valence-corrected chi connectivity index (χ2v) is 3.61. The van der Waals surface area contributed by atoms with Crippen LogP contribution in [0.3, 0.4) is 0 Å². The van der Waals surface area contributed by atoms with Crippen molar-refractivity contribution in [3.05, 3.63) is 9.54 Å². The molecule has 0 bridgehead atoms. The minimum atomic E-state index is -0.135. The SMILES string of the molecule is O=C(Cn1[nH]nnc1=S)Cn1[nH]nnc1=S. The number of hydrogen-bond acceptors (Lipinski definition) is 7. The van der Waals surface area contributed by atoms with Crippen LogP contribution in [0.2, 0.25) is 0 Å². The highest BCUT2D eigenvalue weighted by molar-refractivity contribution is 7.71. The van der Waals surface area contributed by atoms with Crippen LogP contribution in [0.5, 0.6) is 0 Å². The molecule has 0 aromatic carbocycles. The molecule has 0 saturated carbocycles. The van der Waals surface area contributed by atoms with Gasteiger partial charge in [-0.1, -0.05) is 20.6 Å². The van der Waals surface area contributed by atoms with Crippen molar-refractivity contribution in [2.24, 2.45) is 0 Å². The fourth-order valence-electron chi connectivity index (χ4n) is 1.04. The third-order valence-corrected chi connectivity index (χ3v) is 2.34. The zero-order valence-corrected chi connectivity index (χ0v) is 9.46. The maximum Gasteiger partial charge on any atom is 0.238 e. The van der Waals surface area contributed by atoms with Crippen molar-refractivity contribution in [2.45, 2.75) is 13.1 Å². The van der Waals surface area contributed by atoms with Gasteiger partial charge in [0, 0.05) is 0 Å². The van der Waals surface area contributed by atoms with Crippen molar-refractivity contribution < 1.29 is 4.79 Å². The summed E-state index contributed by atoms with van der Waals surface area (Å²) in [5, 5.41) is 19.0. The summed E-state index contributed by atoms with van der Waals surface area (Å²) >= 11 is 9.65. The molecule has 0 atom stereocenters. The number of ketones is 1. The van der Waals surface area contributed by atoms with Crippen molar-refractivity contribution in [3.8, 4) is 0 Å². The molecule has 2 heterocycles. The maximum atomic E-state index is 11.6. The molecular formula is C5H6N8OS2. The Kier molecular flexibility index (Phi) is 2.96. The van der Waals surface area contributed by atoms with Gasteiger partial charge in [-0.15, -0.1) is 0 Å². The highest BCUT2D eigenvalue weighted by Crippen LogP contribution is 1.90. The fraction of sp³-hybridized carbons (Fsp3) is 0.400. The Morgan fingerprint density at radius 1 is 1.06 bits per heavy atom. The number of aromatic amines is 2. The summed E-state index contributed by atoms with van der Waals surface area (Å²) in [6.45, 7) is 0.0965. The Morgan fingerprint density at radius 3 is 1.81 bits per heavy atom. The van der Waals surface area contributed by atoms with E-state index in [4.69, 9.17) is 24.4 Å². The molecule has 0 amide bonds. The van der Waals surface area contributed by atoms with Gasteiger partial charge in [0.1, 0.15) is 13.1 Å². The standard InChI is InChI=1S/C5H6N8OS2/c14-3(1-12-4(15)6-8-10-12)2-13-5(16)7-9-11-13/h1-2H2,(H,6,10,15)(H,7,11,16). The van der Waals surface area contributed by atoms with Crippen LogP contribution in [0.25, 0.3) is 0 Å². The van der Waals surface area contributed by atoms with Crippen LogP contribution in [-0.4, -0.2) is 46.2 Å². The number of nitrogens with one attached hydrogen (secondary N) is 2. The summed E-state index contributed by atoms with van der Waals surface area (Å²) in [4.78, 5) is 11.6. The zero-order valence-electron chi connectivity index (χ0n) is 7.82. The molecule has 9 nitrogen and oxygen atoms in total. The summed E-state index contributed by atoms with van der Waals surface area (Å²) < 4.78 is 3.15. The smallest absolute Gasteiger partial charge is 0.238 e. The van der Waals surface area contributed by atoms with Crippen LogP contribution in [0.4, 0.5) is 0 Å². The van der Waals surface area contributed by atoms with E-state index in [1.165, 1.54) is 9.36 Å². The Hall–Kier alpha value is -1.75. The molecule has 0 unspecified atom stereocenters. The van der Waals surface area contributed by atoms with Gasteiger partial charge in [0.05, 0.1) is 0 Å². The first-order chi connectivity index (χ1) is 7.66. The average Bonchev–Trinajstić information content (AvgIpc) is 2.79. The molecule has 2 aromatic heterocycles. The molecule has 84 valence electrons. The van der Waals surface area contributed by atoms with Gasteiger partial charge < -0.3 is 0 Å². The van der Waals surface area contributed by atoms with Gasteiger partial charge in [0.15, 0.2) is 5.78 Å². The summed E-state index contributed by atoms with van der Waals surface area (Å²) in [6.07, 6.45) is 0. The Bertz CT molecular complexity index is 552. The molecule has 0 aliphatic heterocycles. The summed E-state index contributed by atoms with van der Waals surface area (Å²) in [6, 6.07) is 0. The number of carbonyl (C=O) groups is 1. The number of H-pyrrole nitrogens is 2. The molecule has 11 heteroatoms. The Labute approximate surface area is 98.4 Å². The van der Waals surface area contributed by atoms with Crippen molar-refractivity contribution in [1.29, 1.82) is 0 Å². The van der Waals surface area contributed by atoms with E-state index in [1.54, 1.807) is 0 Å². The molecule has 16 heavy (non-hydrogen) atoms. The molecule has 2 rings (SSSR count). The summed E-state index contributed by atoms with van der Waals surface area (Å²) in [7, 11) is 0. The van der Waals surface area contributed by atoms with Crippen LogP contribution in [0.1, 0.15) is 0 Å². The van der Waals surface area contributed by atoms with E-state index in [-0.39, 0.29) is 28.4 Å². The van der Waals surface area contributed by atoms with Gasteiger partial charge in [-0.2, -0.15) is 10.4 Å². The number of hydrogen-bond donors (Lipinski definition) is 2. The normalized spacial score (nSPS) is 10.5. The third-order valence-electron chi connectivity index (χ3n) is 1.73. The van der Waals surface area contributed by atoms with E-state index in [0.717, 1.165) is 0 Å². The van der Waals surface area contributed by atoms with E-state index in [2.05, 4.69) is 31.1 Å². The van der Waals surface area contributed by atoms with Gasteiger partial charge in [0.25, 0.3) is 0 Å². The zero-order chi connectivity index (χ0) is 11.5. The van der Waals surface area contributed by atoms with Gasteiger partial charge >= 0.3 is 0 Å². The van der Waals surface area contributed by atoms with E-state index in [1.807, 2.05) is 0 Å². The molecule has 2 N–H and O–H groups in total. The highest BCUT2D eigenvalue weighted by Gasteiger charge is 2.07. The lowest BCUT2D eigenvalue weighted by molar-refractivity contribution is -0.120. The minimum Gasteiger partial charge on any atom is -0.296 e. The molecule has 2 aromatic rings. The fourth-order valence-corrected chi connectivity index (χ4v) is 1.33. The minimum absolute atomic E-state index is 0.0482. The van der Waals surface area contributed by atoms with Crippen molar-refractivity contribution in [2.75, 3.05) is 0 Å². The maximum absolute atomic E-state index is 11.6. The number of tetrazole rings is 2. The van der Waals surface area contributed by atoms with Crippen LogP contribution in [0, 0.1) is 9.54 Å². The number of aromatic nitrogens is 8. The number of rotatable bonds is 4. The second-order valence-electron chi connectivity index (χ2n) is 2.88. The van der Waals surface area contributed by atoms with Crippen molar-refractivity contribution >= 4 is 30.2 Å². The lowest BCUT2D eigenvalue weighted by Crippen LogP contribution is -2.18. The van der Waals surface area contributed by atoms with Crippen LogP contribution in [-0.2, 0) is 17.9 Å². The average molecular weight is 258 g/mol. The van der Waals surface area contributed by atoms with Crippen molar-refractivity contribution in [3.63, 3.8) is 0 Å². The Morgan fingerprint density at radius 2 is 1.50 bits per heavy atom. The largest absolute Gasteiger partial charge is 0.296 e. The number of carbonyl (C=O) groups excluding carboxylic acids is 1. The summed E-state index contributed by atoms with van der Waals surface area (Å²) in [5.74, 6) is -0.135. The predicted molar refractivity (Wildman–Crippen MR) is 55.4 cm³/mol. The first-order valence-corrected chi connectivity index (χ1v) is 4.96. The number of nitrogens with zero attached hydrogens (tertiary/aromatic N) is 6. The van der Waals surface area contributed by atoms with Crippen LogP contribution >= 0.6 is 24.4 Å².